The molecular weight excluding hydrogens is 280 g/mol. The molecule has 0 aromatic heterocycles. The standard InChI is InChI=1S/C17H18N2OS/c1-12(13-7-9-15(21-3)10-8-13)19-17-14(11-18)5-4-6-16(17)20-2/h4-10,12,19H,1-3H3. The fourth-order valence-corrected chi connectivity index (χ4v) is 2.54. The number of benzene rings is 2. The largest absolute Gasteiger partial charge is 0.495 e. The Balaban J connectivity index is 2.26. The van der Waals surface area contributed by atoms with Crippen molar-refractivity contribution < 1.29 is 4.74 Å². The molecular formula is C17H18N2OS. The minimum atomic E-state index is 0.0873. The van der Waals surface area contributed by atoms with Crippen LogP contribution in [0.4, 0.5) is 5.69 Å². The molecule has 0 saturated heterocycles. The average Bonchev–Trinajstić information content (AvgIpc) is 2.55. The molecule has 0 bridgehead atoms. The van der Waals surface area contributed by atoms with E-state index in [4.69, 9.17) is 4.74 Å². The van der Waals surface area contributed by atoms with Gasteiger partial charge in [-0.05, 0) is 43.0 Å². The van der Waals surface area contributed by atoms with E-state index in [9.17, 15) is 5.26 Å². The van der Waals surface area contributed by atoms with Gasteiger partial charge >= 0.3 is 0 Å². The van der Waals surface area contributed by atoms with Gasteiger partial charge in [0.15, 0.2) is 0 Å². The van der Waals surface area contributed by atoms with Crippen molar-refractivity contribution in [2.24, 2.45) is 0 Å². The van der Waals surface area contributed by atoms with E-state index in [2.05, 4.69) is 48.8 Å². The van der Waals surface area contributed by atoms with Gasteiger partial charge in [0.2, 0.25) is 0 Å². The average molecular weight is 298 g/mol. The van der Waals surface area contributed by atoms with Crippen LogP contribution in [0, 0.1) is 11.3 Å². The Morgan fingerprint density at radius 2 is 1.90 bits per heavy atom. The molecule has 0 aliphatic heterocycles. The summed E-state index contributed by atoms with van der Waals surface area (Å²) in [6, 6.07) is 16.2. The second kappa shape index (κ2) is 7.05. The highest BCUT2D eigenvalue weighted by atomic mass is 32.2. The Kier molecular flexibility index (Phi) is 5.13. The molecule has 0 saturated carbocycles. The zero-order chi connectivity index (χ0) is 15.2. The fourth-order valence-electron chi connectivity index (χ4n) is 2.14. The zero-order valence-corrected chi connectivity index (χ0v) is 13.2. The maximum Gasteiger partial charge on any atom is 0.143 e. The molecule has 108 valence electrons. The summed E-state index contributed by atoms with van der Waals surface area (Å²) in [6.07, 6.45) is 2.06. The number of rotatable bonds is 5. The van der Waals surface area contributed by atoms with Crippen molar-refractivity contribution >= 4 is 17.4 Å². The summed E-state index contributed by atoms with van der Waals surface area (Å²) < 4.78 is 5.34. The highest BCUT2D eigenvalue weighted by Gasteiger charge is 2.12. The molecule has 3 nitrogen and oxygen atoms in total. The van der Waals surface area contributed by atoms with Crippen LogP contribution in [0.2, 0.25) is 0 Å². The van der Waals surface area contributed by atoms with Gasteiger partial charge in [0.05, 0.1) is 18.4 Å². The zero-order valence-electron chi connectivity index (χ0n) is 12.4. The Hall–Kier alpha value is -2.12. The normalized spacial score (nSPS) is 11.5. The molecule has 0 spiro atoms. The van der Waals surface area contributed by atoms with E-state index in [0.29, 0.717) is 11.3 Å². The molecule has 0 amide bonds. The quantitative estimate of drug-likeness (QED) is 0.828. The summed E-state index contributed by atoms with van der Waals surface area (Å²) in [7, 11) is 1.61. The van der Waals surface area contributed by atoms with E-state index < -0.39 is 0 Å². The number of ether oxygens (including phenoxy) is 1. The summed E-state index contributed by atoms with van der Waals surface area (Å²) >= 11 is 1.72. The maximum atomic E-state index is 9.24. The molecule has 1 atom stereocenters. The van der Waals surface area contributed by atoms with Crippen molar-refractivity contribution in [3.63, 3.8) is 0 Å². The first-order valence-electron chi connectivity index (χ1n) is 6.67. The van der Waals surface area contributed by atoms with Gasteiger partial charge in [0, 0.05) is 10.9 Å². The lowest BCUT2D eigenvalue weighted by molar-refractivity contribution is 0.416. The van der Waals surface area contributed by atoms with Crippen molar-refractivity contribution in [1.82, 2.24) is 0 Å². The minimum absolute atomic E-state index is 0.0873. The number of hydrogen-bond acceptors (Lipinski definition) is 4. The van der Waals surface area contributed by atoms with Crippen molar-refractivity contribution in [3.05, 3.63) is 53.6 Å². The van der Waals surface area contributed by atoms with Gasteiger partial charge in [-0.2, -0.15) is 5.26 Å². The summed E-state index contributed by atoms with van der Waals surface area (Å²) in [5, 5.41) is 12.6. The van der Waals surface area contributed by atoms with Crippen molar-refractivity contribution in [3.8, 4) is 11.8 Å². The summed E-state index contributed by atoms with van der Waals surface area (Å²) in [5.74, 6) is 0.682. The number of thioether (sulfide) groups is 1. The molecule has 2 rings (SSSR count). The molecule has 2 aromatic carbocycles. The molecule has 0 fully saturated rings. The van der Waals surface area contributed by atoms with Crippen LogP contribution in [-0.2, 0) is 0 Å². The molecule has 2 aromatic rings. The van der Waals surface area contributed by atoms with E-state index in [1.54, 1.807) is 24.9 Å². The molecule has 1 N–H and O–H groups in total. The summed E-state index contributed by atoms with van der Waals surface area (Å²) in [6.45, 7) is 2.07. The number of nitrogens with zero attached hydrogens (tertiary/aromatic N) is 1. The summed E-state index contributed by atoms with van der Waals surface area (Å²) in [5.41, 5.74) is 2.49. The Labute approximate surface area is 129 Å². The van der Waals surface area contributed by atoms with Gasteiger partial charge in [0.25, 0.3) is 0 Å². The SMILES string of the molecule is COc1cccc(C#N)c1NC(C)c1ccc(SC)cc1. The van der Waals surface area contributed by atoms with Crippen LogP contribution >= 0.6 is 11.8 Å². The summed E-state index contributed by atoms with van der Waals surface area (Å²) in [4.78, 5) is 1.24. The highest BCUT2D eigenvalue weighted by Crippen LogP contribution is 2.31. The monoisotopic (exact) mass is 298 g/mol. The Morgan fingerprint density at radius 1 is 1.19 bits per heavy atom. The highest BCUT2D eigenvalue weighted by molar-refractivity contribution is 7.98. The number of hydrogen-bond donors (Lipinski definition) is 1. The molecule has 0 radical (unpaired) electrons. The van der Waals surface area contributed by atoms with E-state index in [1.165, 1.54) is 10.5 Å². The third-order valence-electron chi connectivity index (χ3n) is 3.34. The second-order valence-electron chi connectivity index (χ2n) is 4.63. The predicted molar refractivity (Wildman–Crippen MR) is 88.0 cm³/mol. The van der Waals surface area contributed by atoms with E-state index >= 15 is 0 Å². The van der Waals surface area contributed by atoms with E-state index in [0.717, 1.165) is 5.69 Å². The molecule has 0 heterocycles. The molecule has 0 aliphatic carbocycles. The fraction of sp³-hybridized carbons (Fsp3) is 0.235. The molecule has 0 aliphatic rings. The Bertz CT molecular complexity index is 647. The van der Waals surface area contributed by atoms with E-state index in [1.807, 2.05) is 12.1 Å². The number of nitriles is 1. The lowest BCUT2D eigenvalue weighted by Crippen LogP contribution is -2.09. The lowest BCUT2D eigenvalue weighted by Gasteiger charge is -2.19. The first kappa shape index (κ1) is 15.3. The second-order valence-corrected chi connectivity index (χ2v) is 5.51. The molecule has 4 heteroatoms. The van der Waals surface area contributed by atoms with Crippen LogP contribution in [0.25, 0.3) is 0 Å². The van der Waals surface area contributed by atoms with Gasteiger partial charge in [-0.3, -0.25) is 0 Å². The van der Waals surface area contributed by atoms with E-state index in [-0.39, 0.29) is 6.04 Å². The molecule has 1 unspecified atom stereocenters. The number of para-hydroxylation sites is 1. The number of anilines is 1. The molecule has 21 heavy (non-hydrogen) atoms. The van der Waals surface area contributed by atoms with Crippen molar-refractivity contribution in [2.45, 2.75) is 17.9 Å². The maximum absolute atomic E-state index is 9.24. The van der Waals surface area contributed by atoms with Crippen LogP contribution in [-0.4, -0.2) is 13.4 Å². The van der Waals surface area contributed by atoms with Crippen molar-refractivity contribution in [2.75, 3.05) is 18.7 Å². The van der Waals surface area contributed by atoms with Gasteiger partial charge in [0.1, 0.15) is 11.8 Å². The number of methoxy groups -OCH3 is 1. The van der Waals surface area contributed by atoms with Gasteiger partial charge < -0.3 is 10.1 Å². The Morgan fingerprint density at radius 3 is 2.48 bits per heavy atom. The van der Waals surface area contributed by atoms with Gasteiger partial charge in [-0.25, -0.2) is 0 Å². The lowest BCUT2D eigenvalue weighted by atomic mass is 10.1. The van der Waals surface area contributed by atoms with Gasteiger partial charge in [-0.1, -0.05) is 18.2 Å². The number of nitrogens with one attached hydrogen (secondary N) is 1. The van der Waals surface area contributed by atoms with Crippen LogP contribution < -0.4 is 10.1 Å². The topological polar surface area (TPSA) is 45.0 Å². The third kappa shape index (κ3) is 3.50. The van der Waals surface area contributed by atoms with Crippen LogP contribution in [0.15, 0.2) is 47.4 Å². The first-order valence-corrected chi connectivity index (χ1v) is 7.89. The third-order valence-corrected chi connectivity index (χ3v) is 4.09. The first-order chi connectivity index (χ1) is 10.2. The smallest absolute Gasteiger partial charge is 0.143 e. The minimum Gasteiger partial charge on any atom is -0.495 e. The predicted octanol–water partition coefficient (Wildman–Crippen LogP) is 4.46. The van der Waals surface area contributed by atoms with Crippen LogP contribution in [0.5, 0.6) is 5.75 Å². The van der Waals surface area contributed by atoms with Crippen molar-refractivity contribution in [1.29, 1.82) is 5.26 Å². The van der Waals surface area contributed by atoms with Gasteiger partial charge in [-0.15, -0.1) is 11.8 Å². The van der Waals surface area contributed by atoms with Crippen LogP contribution in [0.1, 0.15) is 24.1 Å². The van der Waals surface area contributed by atoms with Crippen LogP contribution in [0.3, 0.4) is 0 Å².